The summed E-state index contributed by atoms with van der Waals surface area (Å²) in [5, 5.41) is 12.8. The molecule has 0 radical (unpaired) electrons. The second kappa shape index (κ2) is 10.5. The van der Waals surface area contributed by atoms with E-state index in [1.807, 2.05) is 0 Å². The summed E-state index contributed by atoms with van der Waals surface area (Å²) < 4.78 is 1.73. The first kappa shape index (κ1) is 16.7. The summed E-state index contributed by atoms with van der Waals surface area (Å²) >= 11 is 0. The van der Waals surface area contributed by atoms with Gasteiger partial charge in [0.2, 0.25) is 0 Å². The number of aromatic nitrogens is 2. The molecule has 0 saturated carbocycles. The lowest BCUT2D eigenvalue weighted by molar-refractivity contribution is 0.0689. The number of nitrogens with zero attached hydrogens (tertiary/aromatic N) is 2. The molecule has 1 N–H and O–H groups in total. The van der Waals surface area contributed by atoms with Gasteiger partial charge < -0.3 is 5.11 Å². The molecule has 0 aliphatic heterocycles. The van der Waals surface area contributed by atoms with Crippen LogP contribution in [0.1, 0.15) is 81.6 Å². The van der Waals surface area contributed by atoms with Crippen LogP contribution >= 0.6 is 0 Å². The van der Waals surface area contributed by atoms with Crippen molar-refractivity contribution in [1.29, 1.82) is 0 Å². The van der Waals surface area contributed by atoms with E-state index in [2.05, 4.69) is 12.0 Å². The Bertz CT molecular complexity index is 374. The molecule has 0 fully saturated rings. The Morgan fingerprint density at radius 3 is 2.10 bits per heavy atom. The standard InChI is InChI=1S/C16H28N2O2/c1-2-3-4-5-6-7-8-9-10-11-13-18-14-12-15(17-18)16(19)20/h12,14H,2-11,13H2,1H3,(H,19,20). The molecule has 0 atom stereocenters. The fourth-order valence-corrected chi connectivity index (χ4v) is 2.36. The number of aryl methyl sites for hydroxylation is 1. The third kappa shape index (κ3) is 7.31. The highest BCUT2D eigenvalue weighted by Gasteiger charge is 2.05. The van der Waals surface area contributed by atoms with Crippen LogP contribution in [0.3, 0.4) is 0 Å². The van der Waals surface area contributed by atoms with Crippen LogP contribution in [0.25, 0.3) is 0 Å². The molecular formula is C16H28N2O2. The summed E-state index contributed by atoms with van der Waals surface area (Å²) in [6, 6.07) is 1.55. The highest BCUT2D eigenvalue weighted by Crippen LogP contribution is 2.10. The fraction of sp³-hybridized carbons (Fsp3) is 0.750. The van der Waals surface area contributed by atoms with E-state index in [0.29, 0.717) is 0 Å². The highest BCUT2D eigenvalue weighted by atomic mass is 16.4. The van der Waals surface area contributed by atoms with Crippen molar-refractivity contribution >= 4 is 5.97 Å². The molecule has 1 rings (SSSR count). The predicted octanol–water partition coefficient (Wildman–Crippen LogP) is 4.50. The smallest absolute Gasteiger partial charge is 0.356 e. The number of aromatic carboxylic acids is 1. The largest absolute Gasteiger partial charge is 0.476 e. The van der Waals surface area contributed by atoms with Gasteiger partial charge in [-0.2, -0.15) is 5.10 Å². The minimum atomic E-state index is -0.952. The van der Waals surface area contributed by atoms with Crippen LogP contribution in [-0.2, 0) is 6.54 Å². The second-order valence-electron chi connectivity index (χ2n) is 5.45. The van der Waals surface area contributed by atoms with Gasteiger partial charge in [-0.05, 0) is 12.5 Å². The van der Waals surface area contributed by atoms with Gasteiger partial charge >= 0.3 is 5.97 Å². The van der Waals surface area contributed by atoms with Crippen LogP contribution in [0.15, 0.2) is 12.3 Å². The van der Waals surface area contributed by atoms with Crippen molar-refractivity contribution in [3.05, 3.63) is 18.0 Å². The summed E-state index contributed by atoms with van der Waals surface area (Å²) in [5.41, 5.74) is 0.136. The first-order valence-corrected chi connectivity index (χ1v) is 8.00. The van der Waals surface area contributed by atoms with E-state index in [9.17, 15) is 4.79 Å². The lowest BCUT2D eigenvalue weighted by atomic mass is 10.1. The number of carboxylic acid groups (broad SMARTS) is 1. The van der Waals surface area contributed by atoms with Gasteiger partial charge in [-0.1, -0.05) is 64.7 Å². The van der Waals surface area contributed by atoms with Gasteiger partial charge in [-0.15, -0.1) is 0 Å². The van der Waals surface area contributed by atoms with Crippen LogP contribution in [0.2, 0.25) is 0 Å². The zero-order valence-corrected chi connectivity index (χ0v) is 12.7. The number of rotatable bonds is 12. The SMILES string of the molecule is CCCCCCCCCCCCn1ccc(C(=O)O)n1. The number of unbranched alkanes of at least 4 members (excludes halogenated alkanes) is 9. The average molecular weight is 280 g/mol. The molecule has 4 heteroatoms. The molecule has 20 heavy (non-hydrogen) atoms. The maximum atomic E-state index is 10.7. The normalized spacial score (nSPS) is 10.8. The van der Waals surface area contributed by atoms with Gasteiger partial charge in [0, 0.05) is 12.7 Å². The van der Waals surface area contributed by atoms with E-state index in [-0.39, 0.29) is 5.69 Å². The quantitative estimate of drug-likeness (QED) is 0.573. The lowest BCUT2D eigenvalue weighted by Gasteiger charge is -2.03. The Kier molecular flexibility index (Phi) is 8.76. The molecule has 114 valence electrons. The number of hydrogen-bond donors (Lipinski definition) is 1. The Morgan fingerprint density at radius 1 is 1.05 bits per heavy atom. The number of carboxylic acids is 1. The summed E-state index contributed by atoms with van der Waals surface area (Å²) in [5.74, 6) is -0.952. The topological polar surface area (TPSA) is 55.1 Å². The van der Waals surface area contributed by atoms with Gasteiger partial charge in [0.25, 0.3) is 0 Å². The summed E-state index contributed by atoms with van der Waals surface area (Å²) in [7, 11) is 0. The molecule has 0 aliphatic rings. The first-order valence-electron chi connectivity index (χ1n) is 8.00. The first-order chi connectivity index (χ1) is 9.74. The Morgan fingerprint density at radius 2 is 1.60 bits per heavy atom. The molecule has 0 aromatic carbocycles. The van der Waals surface area contributed by atoms with Crippen LogP contribution in [0.5, 0.6) is 0 Å². The third-order valence-corrected chi connectivity index (χ3v) is 3.60. The van der Waals surface area contributed by atoms with E-state index in [1.54, 1.807) is 16.9 Å². The summed E-state index contributed by atoms with van der Waals surface area (Å²) in [6.45, 7) is 3.07. The molecular weight excluding hydrogens is 252 g/mol. The molecule has 1 heterocycles. The average Bonchev–Trinajstić information content (AvgIpc) is 2.90. The fourth-order valence-electron chi connectivity index (χ4n) is 2.36. The summed E-state index contributed by atoms with van der Waals surface area (Å²) in [4.78, 5) is 10.7. The molecule has 0 spiro atoms. The zero-order chi connectivity index (χ0) is 14.6. The molecule has 0 saturated heterocycles. The van der Waals surface area contributed by atoms with E-state index in [4.69, 9.17) is 5.11 Å². The van der Waals surface area contributed by atoms with Crippen LogP contribution in [-0.4, -0.2) is 20.9 Å². The van der Waals surface area contributed by atoms with Crippen LogP contribution in [0, 0.1) is 0 Å². The van der Waals surface area contributed by atoms with E-state index >= 15 is 0 Å². The molecule has 0 amide bonds. The van der Waals surface area contributed by atoms with E-state index < -0.39 is 5.97 Å². The second-order valence-corrected chi connectivity index (χ2v) is 5.45. The third-order valence-electron chi connectivity index (χ3n) is 3.60. The Balaban J connectivity index is 1.93. The van der Waals surface area contributed by atoms with Gasteiger partial charge in [0.1, 0.15) is 0 Å². The molecule has 0 bridgehead atoms. The van der Waals surface area contributed by atoms with Gasteiger partial charge in [-0.3, -0.25) is 4.68 Å². The minimum Gasteiger partial charge on any atom is -0.476 e. The van der Waals surface area contributed by atoms with Gasteiger partial charge in [0.15, 0.2) is 5.69 Å². The lowest BCUT2D eigenvalue weighted by Crippen LogP contribution is -2.02. The maximum Gasteiger partial charge on any atom is 0.356 e. The minimum absolute atomic E-state index is 0.136. The zero-order valence-electron chi connectivity index (χ0n) is 12.7. The van der Waals surface area contributed by atoms with Crippen molar-refractivity contribution < 1.29 is 9.90 Å². The monoisotopic (exact) mass is 280 g/mol. The van der Waals surface area contributed by atoms with E-state index in [0.717, 1.165) is 13.0 Å². The summed E-state index contributed by atoms with van der Waals surface area (Å²) in [6.07, 6.45) is 14.8. The Hall–Kier alpha value is -1.32. The Labute approximate surface area is 122 Å². The van der Waals surface area contributed by atoms with Crippen molar-refractivity contribution in [2.45, 2.75) is 77.7 Å². The van der Waals surface area contributed by atoms with Crippen molar-refractivity contribution in [3.8, 4) is 0 Å². The van der Waals surface area contributed by atoms with Gasteiger partial charge in [0.05, 0.1) is 0 Å². The molecule has 0 unspecified atom stereocenters. The van der Waals surface area contributed by atoms with E-state index in [1.165, 1.54) is 57.8 Å². The molecule has 0 aliphatic carbocycles. The van der Waals surface area contributed by atoms with Crippen molar-refractivity contribution in [3.63, 3.8) is 0 Å². The van der Waals surface area contributed by atoms with Crippen molar-refractivity contribution in [2.24, 2.45) is 0 Å². The molecule has 1 aromatic heterocycles. The molecule has 4 nitrogen and oxygen atoms in total. The number of hydrogen-bond acceptors (Lipinski definition) is 2. The van der Waals surface area contributed by atoms with Crippen LogP contribution in [0.4, 0.5) is 0 Å². The number of carbonyl (C=O) groups is 1. The highest BCUT2D eigenvalue weighted by molar-refractivity contribution is 5.84. The van der Waals surface area contributed by atoms with Crippen molar-refractivity contribution in [2.75, 3.05) is 0 Å². The predicted molar refractivity (Wildman–Crippen MR) is 81.0 cm³/mol. The maximum absolute atomic E-state index is 10.7. The van der Waals surface area contributed by atoms with Crippen LogP contribution < -0.4 is 0 Å². The molecule has 1 aromatic rings. The van der Waals surface area contributed by atoms with Crippen molar-refractivity contribution in [1.82, 2.24) is 9.78 Å². The van der Waals surface area contributed by atoms with Gasteiger partial charge in [-0.25, -0.2) is 4.79 Å².